The Morgan fingerprint density at radius 1 is 1.19 bits per heavy atom. The normalized spacial score (nSPS) is 11.5. The van der Waals surface area contributed by atoms with Crippen LogP contribution in [-0.2, 0) is 4.79 Å². The number of hydrogen-bond donors (Lipinski definition) is 0. The van der Waals surface area contributed by atoms with E-state index in [4.69, 9.17) is 26.1 Å². The number of carbonyl (C=O) groups excluding carboxylic acids is 1. The lowest BCUT2D eigenvalue weighted by atomic mass is 9.96. The summed E-state index contributed by atoms with van der Waals surface area (Å²) in [4.78, 5) is 29.8. The van der Waals surface area contributed by atoms with Crippen LogP contribution >= 0.6 is 27.5 Å². The molecule has 0 fully saturated rings. The summed E-state index contributed by atoms with van der Waals surface area (Å²) in [6.07, 6.45) is 1.51. The highest BCUT2D eigenvalue weighted by molar-refractivity contribution is 9.10. The predicted molar refractivity (Wildman–Crippen MR) is 150 cm³/mol. The molecule has 0 aliphatic heterocycles. The Balaban J connectivity index is 1.93. The zero-order valence-corrected chi connectivity index (χ0v) is 23.3. The van der Waals surface area contributed by atoms with Crippen LogP contribution in [0.5, 0.6) is 11.5 Å². The number of hydrogen-bond acceptors (Lipinski definition) is 6. The number of halogens is 2. The Bertz CT molecular complexity index is 1590. The molecule has 4 aromatic rings. The minimum atomic E-state index is -0.488. The average molecular weight is 583 g/mol. The quantitative estimate of drug-likeness (QED) is 0.143. The third kappa shape index (κ3) is 5.45. The average Bonchev–Trinajstić information content (AvgIpc) is 2.85. The van der Waals surface area contributed by atoms with Crippen LogP contribution in [0.1, 0.15) is 43.4 Å². The number of fused-ring (bicyclic) bond motifs is 1. The van der Waals surface area contributed by atoms with Crippen LogP contribution in [0.3, 0.4) is 0 Å². The molecule has 0 atom stereocenters. The van der Waals surface area contributed by atoms with E-state index in [-0.39, 0.29) is 22.2 Å². The van der Waals surface area contributed by atoms with Crippen molar-refractivity contribution < 1.29 is 14.3 Å². The van der Waals surface area contributed by atoms with Gasteiger partial charge in [0.15, 0.2) is 11.6 Å². The Morgan fingerprint density at radius 2 is 1.92 bits per heavy atom. The van der Waals surface area contributed by atoms with Crippen molar-refractivity contribution in [1.82, 2.24) is 9.66 Å². The zero-order valence-electron chi connectivity index (χ0n) is 21.0. The second-order valence-corrected chi connectivity index (χ2v) is 10.0. The summed E-state index contributed by atoms with van der Waals surface area (Å²) in [5.41, 5.74) is 3.52. The Labute approximate surface area is 227 Å². The Hall–Kier alpha value is -3.49. The zero-order chi connectivity index (χ0) is 26.9. The maximum Gasteiger partial charge on any atom is 0.308 e. The van der Waals surface area contributed by atoms with Gasteiger partial charge in [0.25, 0.3) is 5.56 Å². The monoisotopic (exact) mass is 581 g/mol. The summed E-state index contributed by atoms with van der Waals surface area (Å²) in [6, 6.07) is 14.4. The highest BCUT2D eigenvalue weighted by Gasteiger charge is 2.18. The molecule has 4 rings (SSSR count). The van der Waals surface area contributed by atoms with Crippen LogP contribution < -0.4 is 15.0 Å². The molecule has 1 heterocycles. The van der Waals surface area contributed by atoms with Crippen LogP contribution in [0, 0.1) is 6.92 Å². The van der Waals surface area contributed by atoms with Gasteiger partial charge in [-0.2, -0.15) is 9.78 Å². The van der Waals surface area contributed by atoms with Gasteiger partial charge >= 0.3 is 5.97 Å². The molecule has 0 saturated carbocycles. The molecule has 9 heteroatoms. The molecule has 1 aromatic heterocycles. The van der Waals surface area contributed by atoms with E-state index in [1.165, 1.54) is 17.8 Å². The van der Waals surface area contributed by atoms with Crippen molar-refractivity contribution in [2.75, 3.05) is 7.11 Å². The number of ether oxygens (including phenoxy) is 2. The first-order valence-electron chi connectivity index (χ1n) is 11.5. The van der Waals surface area contributed by atoms with E-state index in [0.29, 0.717) is 26.8 Å². The number of esters is 1. The van der Waals surface area contributed by atoms with Gasteiger partial charge in [-0.3, -0.25) is 9.59 Å². The standard InChI is InChI=1S/C28H25BrClN3O4/c1-15(2)20-13-21(16(3)10-25(20)36-5)27-32-24-9-7-6-8-19(24)28(35)33(27)31-14-18-11-22(29)26(23(30)12-18)37-17(4)34/h6-15H,1-5H3. The third-order valence-electron chi connectivity index (χ3n) is 5.78. The molecule has 0 spiro atoms. The Morgan fingerprint density at radius 3 is 2.57 bits per heavy atom. The lowest BCUT2D eigenvalue weighted by Gasteiger charge is -2.17. The largest absolute Gasteiger partial charge is 0.496 e. The first-order chi connectivity index (χ1) is 17.6. The van der Waals surface area contributed by atoms with Gasteiger partial charge in [0.1, 0.15) is 5.75 Å². The summed E-state index contributed by atoms with van der Waals surface area (Å²) in [5, 5.41) is 5.20. The van der Waals surface area contributed by atoms with Crippen molar-refractivity contribution in [2.45, 2.75) is 33.6 Å². The number of nitrogens with zero attached hydrogens (tertiary/aromatic N) is 3. The molecule has 0 aliphatic rings. The van der Waals surface area contributed by atoms with Crippen LogP contribution in [0.15, 0.2) is 62.9 Å². The fourth-order valence-electron chi connectivity index (χ4n) is 3.99. The highest BCUT2D eigenvalue weighted by Crippen LogP contribution is 2.35. The van der Waals surface area contributed by atoms with Crippen LogP contribution in [0.4, 0.5) is 0 Å². The molecule has 0 aliphatic carbocycles. The summed E-state index contributed by atoms with van der Waals surface area (Å²) in [7, 11) is 1.64. The number of methoxy groups -OCH3 is 1. The lowest BCUT2D eigenvalue weighted by Crippen LogP contribution is -2.20. The second-order valence-electron chi connectivity index (χ2n) is 8.79. The summed E-state index contributed by atoms with van der Waals surface area (Å²) in [5.74, 6) is 1.10. The molecule has 0 unspecified atom stereocenters. The number of aryl methyl sites for hydroxylation is 1. The van der Waals surface area contributed by atoms with E-state index in [0.717, 1.165) is 22.4 Å². The molecule has 190 valence electrons. The van der Waals surface area contributed by atoms with Crippen LogP contribution in [0.2, 0.25) is 5.02 Å². The van der Waals surface area contributed by atoms with Gasteiger partial charge in [-0.25, -0.2) is 4.98 Å². The van der Waals surface area contributed by atoms with Crippen molar-refractivity contribution in [3.8, 4) is 22.9 Å². The molecular formula is C28H25BrClN3O4. The van der Waals surface area contributed by atoms with Gasteiger partial charge < -0.3 is 9.47 Å². The molecular weight excluding hydrogens is 558 g/mol. The van der Waals surface area contributed by atoms with Crippen molar-refractivity contribution in [1.29, 1.82) is 0 Å². The van der Waals surface area contributed by atoms with Crippen LogP contribution in [0.25, 0.3) is 22.3 Å². The van der Waals surface area contributed by atoms with E-state index in [1.54, 1.807) is 37.4 Å². The Kier molecular flexibility index (Phi) is 7.80. The van der Waals surface area contributed by atoms with Gasteiger partial charge in [0, 0.05) is 12.5 Å². The van der Waals surface area contributed by atoms with E-state index >= 15 is 0 Å². The highest BCUT2D eigenvalue weighted by atomic mass is 79.9. The van der Waals surface area contributed by atoms with Crippen LogP contribution in [-0.4, -0.2) is 29.0 Å². The summed E-state index contributed by atoms with van der Waals surface area (Å²) in [6.45, 7) is 7.40. The number of carbonyl (C=O) groups is 1. The molecule has 3 aromatic carbocycles. The van der Waals surface area contributed by atoms with Gasteiger partial charge in [-0.05, 0) is 81.9 Å². The van der Waals surface area contributed by atoms with Crippen molar-refractivity contribution in [2.24, 2.45) is 5.10 Å². The van der Waals surface area contributed by atoms with Crippen molar-refractivity contribution in [3.63, 3.8) is 0 Å². The first kappa shape index (κ1) is 26.6. The lowest BCUT2D eigenvalue weighted by molar-refractivity contribution is -0.131. The van der Waals surface area contributed by atoms with Gasteiger partial charge in [0.05, 0.1) is 33.7 Å². The maximum atomic E-state index is 13.6. The van der Waals surface area contributed by atoms with E-state index in [9.17, 15) is 9.59 Å². The molecule has 0 saturated heterocycles. The minimum absolute atomic E-state index is 0.189. The molecule has 37 heavy (non-hydrogen) atoms. The van der Waals surface area contributed by atoms with Gasteiger partial charge in [0.2, 0.25) is 0 Å². The van der Waals surface area contributed by atoms with Gasteiger partial charge in [-0.15, -0.1) is 0 Å². The van der Waals surface area contributed by atoms with Crippen molar-refractivity contribution in [3.05, 3.63) is 85.1 Å². The van der Waals surface area contributed by atoms with E-state index < -0.39 is 5.97 Å². The second kappa shape index (κ2) is 10.9. The number of aromatic nitrogens is 2. The van der Waals surface area contributed by atoms with E-state index in [2.05, 4.69) is 34.9 Å². The third-order valence-corrected chi connectivity index (χ3v) is 6.65. The summed E-state index contributed by atoms with van der Waals surface area (Å²) >= 11 is 9.71. The fraction of sp³-hybridized carbons (Fsp3) is 0.214. The maximum absolute atomic E-state index is 13.6. The topological polar surface area (TPSA) is 82.8 Å². The fourth-order valence-corrected chi connectivity index (χ4v) is 4.93. The number of benzene rings is 3. The molecule has 0 bridgehead atoms. The minimum Gasteiger partial charge on any atom is -0.496 e. The van der Waals surface area contributed by atoms with E-state index in [1.807, 2.05) is 25.1 Å². The number of rotatable bonds is 6. The van der Waals surface area contributed by atoms with Gasteiger partial charge in [-0.1, -0.05) is 37.6 Å². The molecule has 7 nitrogen and oxygen atoms in total. The SMILES string of the molecule is COc1cc(C)c(-c2nc3ccccc3c(=O)n2N=Cc2cc(Cl)c(OC(C)=O)c(Br)c2)cc1C(C)C. The molecule has 0 amide bonds. The molecule has 0 N–H and O–H groups in total. The first-order valence-corrected chi connectivity index (χ1v) is 12.7. The van der Waals surface area contributed by atoms with Crippen molar-refractivity contribution >= 4 is 50.6 Å². The smallest absolute Gasteiger partial charge is 0.308 e. The number of para-hydroxylation sites is 1. The predicted octanol–water partition coefficient (Wildman–Crippen LogP) is 6.73. The molecule has 0 radical (unpaired) electrons. The summed E-state index contributed by atoms with van der Waals surface area (Å²) < 4.78 is 12.5.